The normalized spacial score (nSPS) is 15.4. The molecule has 0 radical (unpaired) electrons. The summed E-state index contributed by atoms with van der Waals surface area (Å²) in [7, 11) is -4.37. The van der Waals surface area contributed by atoms with Gasteiger partial charge in [0.25, 0.3) is 0 Å². The van der Waals surface area contributed by atoms with Gasteiger partial charge in [-0.1, -0.05) is 6.92 Å². The fourth-order valence-electron chi connectivity index (χ4n) is 1.07. The highest BCUT2D eigenvalue weighted by molar-refractivity contribution is 7.89. The lowest BCUT2D eigenvalue weighted by Crippen LogP contribution is -2.29. The number of rotatable bonds is 9. The van der Waals surface area contributed by atoms with E-state index in [4.69, 9.17) is 5.11 Å². The summed E-state index contributed by atoms with van der Waals surface area (Å²) in [6.07, 6.45) is 2.02. The van der Waals surface area contributed by atoms with E-state index >= 15 is 0 Å². The third kappa shape index (κ3) is 9.25. The molecule has 0 aromatic rings. The summed E-state index contributed by atoms with van der Waals surface area (Å²) in [6, 6.07) is 0. The van der Waals surface area contributed by atoms with Crippen molar-refractivity contribution in [2.24, 2.45) is 0 Å². The van der Waals surface area contributed by atoms with Crippen LogP contribution in [0.2, 0.25) is 0 Å². The zero-order valence-electron chi connectivity index (χ0n) is 10.0. The fourth-order valence-corrected chi connectivity index (χ4v) is 2.62. The molecule has 0 amide bonds. The van der Waals surface area contributed by atoms with Crippen LogP contribution in [0.4, 0.5) is 0 Å². The van der Waals surface area contributed by atoms with E-state index in [9.17, 15) is 17.4 Å². The number of carboxylic acid groups (broad SMARTS) is 1. The molecule has 17 heavy (non-hydrogen) atoms. The number of sulfonamides is 1. The van der Waals surface area contributed by atoms with Crippen LogP contribution in [0.1, 0.15) is 26.2 Å². The van der Waals surface area contributed by atoms with Gasteiger partial charge in [0, 0.05) is 35.3 Å². The highest BCUT2D eigenvalue weighted by Crippen LogP contribution is 1.99. The van der Waals surface area contributed by atoms with Gasteiger partial charge in [-0.25, -0.2) is 13.1 Å². The van der Waals surface area contributed by atoms with Gasteiger partial charge in [0.05, 0.1) is 5.75 Å². The first-order valence-electron chi connectivity index (χ1n) is 5.26. The van der Waals surface area contributed by atoms with Gasteiger partial charge in [-0.2, -0.15) is 0 Å². The van der Waals surface area contributed by atoms with Crippen LogP contribution in [0.5, 0.6) is 0 Å². The van der Waals surface area contributed by atoms with Gasteiger partial charge in [0.2, 0.25) is 10.0 Å². The van der Waals surface area contributed by atoms with E-state index in [-0.39, 0.29) is 30.4 Å². The Morgan fingerprint density at radius 2 is 2.06 bits per heavy atom. The van der Waals surface area contributed by atoms with Crippen molar-refractivity contribution >= 4 is 26.8 Å². The van der Waals surface area contributed by atoms with Crippen LogP contribution >= 0.6 is 0 Å². The summed E-state index contributed by atoms with van der Waals surface area (Å²) in [5.41, 5.74) is 0. The lowest BCUT2D eigenvalue weighted by atomic mass is 10.3. The molecule has 2 unspecified atom stereocenters. The molecule has 0 aromatic heterocycles. The lowest BCUT2D eigenvalue weighted by molar-refractivity contribution is -0.137. The Balaban J connectivity index is 3.86. The second-order valence-electron chi connectivity index (χ2n) is 3.81. The van der Waals surface area contributed by atoms with E-state index in [0.29, 0.717) is 6.42 Å². The number of nitrogens with one attached hydrogen (secondary N) is 1. The number of carboxylic acids is 1. The van der Waals surface area contributed by atoms with Crippen molar-refractivity contribution < 1.29 is 22.5 Å². The molecule has 0 aromatic carbocycles. The summed E-state index contributed by atoms with van der Waals surface area (Å²) >= 11 is 0. The molecule has 0 saturated heterocycles. The standard InChI is InChI=1S/C9H19NO5S2/c1-8(16(2)13)5-6-10-17(14,15)7-3-4-9(11)12/h8,10H,3-7H2,1-2H3,(H,11,12). The quantitative estimate of drug-likeness (QED) is 0.617. The SMILES string of the molecule is CC(CCNS(=O)(=O)CCCC(=O)O)S(C)=O. The third-order valence-corrected chi connectivity index (χ3v) is 5.08. The van der Waals surface area contributed by atoms with Crippen LogP contribution in [0.25, 0.3) is 0 Å². The van der Waals surface area contributed by atoms with Gasteiger partial charge in [-0.3, -0.25) is 9.00 Å². The molecule has 0 spiro atoms. The third-order valence-electron chi connectivity index (χ3n) is 2.24. The van der Waals surface area contributed by atoms with Crippen molar-refractivity contribution in [1.29, 1.82) is 0 Å². The van der Waals surface area contributed by atoms with Crippen molar-refractivity contribution in [2.45, 2.75) is 31.4 Å². The van der Waals surface area contributed by atoms with Crippen LogP contribution in [0.15, 0.2) is 0 Å². The first-order valence-corrected chi connectivity index (χ1v) is 8.53. The molecule has 102 valence electrons. The Bertz CT molecular complexity index is 366. The first-order chi connectivity index (χ1) is 7.74. The zero-order chi connectivity index (χ0) is 13.5. The predicted octanol–water partition coefficient (Wildman–Crippen LogP) is -0.0723. The summed E-state index contributed by atoms with van der Waals surface area (Å²) in [5, 5.41) is 8.31. The van der Waals surface area contributed by atoms with Gasteiger partial charge in [0.15, 0.2) is 0 Å². The molecule has 0 aliphatic rings. The van der Waals surface area contributed by atoms with E-state index in [1.807, 2.05) is 0 Å². The molecule has 8 heteroatoms. The minimum Gasteiger partial charge on any atom is -0.481 e. The zero-order valence-corrected chi connectivity index (χ0v) is 11.6. The monoisotopic (exact) mass is 285 g/mol. The summed E-state index contributed by atoms with van der Waals surface area (Å²) in [5.74, 6) is -1.20. The molecule has 2 atom stereocenters. The fraction of sp³-hybridized carbons (Fsp3) is 0.889. The molecule has 6 nitrogen and oxygen atoms in total. The second-order valence-corrected chi connectivity index (χ2v) is 7.54. The average molecular weight is 285 g/mol. The Hall–Kier alpha value is -0.470. The Morgan fingerprint density at radius 1 is 1.47 bits per heavy atom. The largest absolute Gasteiger partial charge is 0.481 e. The Morgan fingerprint density at radius 3 is 2.53 bits per heavy atom. The van der Waals surface area contributed by atoms with Crippen molar-refractivity contribution in [3.05, 3.63) is 0 Å². The highest BCUT2D eigenvalue weighted by atomic mass is 32.2. The Labute approximate surface area is 104 Å². The summed E-state index contributed by atoms with van der Waals surface area (Å²) in [6.45, 7) is 2.02. The maximum absolute atomic E-state index is 11.4. The summed E-state index contributed by atoms with van der Waals surface area (Å²) < 4.78 is 36.1. The molecule has 2 N–H and O–H groups in total. The van der Waals surface area contributed by atoms with Gasteiger partial charge >= 0.3 is 5.97 Å². The van der Waals surface area contributed by atoms with Gasteiger partial charge < -0.3 is 5.11 Å². The van der Waals surface area contributed by atoms with E-state index in [0.717, 1.165) is 0 Å². The molecular weight excluding hydrogens is 266 g/mol. The highest BCUT2D eigenvalue weighted by Gasteiger charge is 2.12. The molecule has 0 bridgehead atoms. The molecule has 0 fully saturated rings. The minimum absolute atomic E-state index is 0.0586. The topological polar surface area (TPSA) is 101 Å². The molecule has 0 saturated carbocycles. The van der Waals surface area contributed by atoms with Crippen molar-refractivity contribution in [3.8, 4) is 0 Å². The van der Waals surface area contributed by atoms with Crippen molar-refractivity contribution in [3.63, 3.8) is 0 Å². The number of aliphatic carboxylic acids is 1. The van der Waals surface area contributed by atoms with Crippen molar-refractivity contribution in [2.75, 3.05) is 18.6 Å². The number of carbonyl (C=O) groups is 1. The molecular formula is C9H19NO5S2. The molecule has 0 aliphatic heterocycles. The van der Waals surface area contributed by atoms with Crippen LogP contribution in [-0.2, 0) is 25.6 Å². The van der Waals surface area contributed by atoms with Crippen molar-refractivity contribution in [1.82, 2.24) is 4.72 Å². The molecule has 0 rings (SSSR count). The molecule has 0 heterocycles. The number of hydrogen-bond acceptors (Lipinski definition) is 4. The second kappa shape index (κ2) is 7.78. The smallest absolute Gasteiger partial charge is 0.303 e. The Kier molecular flexibility index (Phi) is 7.56. The lowest BCUT2D eigenvalue weighted by Gasteiger charge is -2.09. The van der Waals surface area contributed by atoms with Crippen LogP contribution in [0.3, 0.4) is 0 Å². The van der Waals surface area contributed by atoms with Gasteiger partial charge in [0.1, 0.15) is 0 Å². The van der Waals surface area contributed by atoms with Crippen LogP contribution in [0, 0.1) is 0 Å². The first kappa shape index (κ1) is 16.5. The van der Waals surface area contributed by atoms with Gasteiger partial charge in [-0.15, -0.1) is 0 Å². The van der Waals surface area contributed by atoms with Gasteiger partial charge in [-0.05, 0) is 12.8 Å². The number of hydrogen-bond donors (Lipinski definition) is 2. The predicted molar refractivity (Wildman–Crippen MR) is 66.8 cm³/mol. The van der Waals surface area contributed by atoms with Crippen LogP contribution < -0.4 is 4.72 Å². The van der Waals surface area contributed by atoms with E-state index in [1.54, 1.807) is 13.2 Å². The van der Waals surface area contributed by atoms with E-state index in [1.165, 1.54) is 0 Å². The maximum atomic E-state index is 11.4. The average Bonchev–Trinajstić information content (AvgIpc) is 2.15. The van der Waals surface area contributed by atoms with Crippen LogP contribution in [-0.4, -0.2) is 47.5 Å². The molecule has 0 aliphatic carbocycles. The van der Waals surface area contributed by atoms with E-state index < -0.39 is 26.8 Å². The maximum Gasteiger partial charge on any atom is 0.303 e. The minimum atomic E-state index is -3.41. The summed E-state index contributed by atoms with van der Waals surface area (Å²) in [4.78, 5) is 10.2. The van der Waals surface area contributed by atoms with E-state index in [2.05, 4.69) is 4.72 Å².